The van der Waals surface area contributed by atoms with E-state index in [0.29, 0.717) is 25.3 Å². The minimum absolute atomic E-state index is 0.0585. The first-order valence-electron chi connectivity index (χ1n) is 13.2. The third-order valence-corrected chi connectivity index (χ3v) is 9.43. The molecule has 5 nitrogen and oxygen atoms in total. The van der Waals surface area contributed by atoms with Crippen LogP contribution in [0.4, 0.5) is 4.79 Å². The first kappa shape index (κ1) is 26.9. The third kappa shape index (κ3) is 5.27. The molecule has 0 aliphatic carbocycles. The number of carbonyl (C=O) groups excluding carboxylic acids is 1. The average Bonchev–Trinajstić information content (AvgIpc) is 2.92. The van der Waals surface area contributed by atoms with Crippen LogP contribution in [0, 0.1) is 20.8 Å². The molecule has 2 aliphatic rings. The number of rotatable bonds is 4. The van der Waals surface area contributed by atoms with Gasteiger partial charge < -0.3 is 14.7 Å². The Kier molecular flexibility index (Phi) is 7.67. The smallest absolute Gasteiger partial charge is 0.285 e. The summed E-state index contributed by atoms with van der Waals surface area (Å²) in [7, 11) is 0. The van der Waals surface area contributed by atoms with Crippen molar-refractivity contribution < 1.29 is 14.6 Å². The Morgan fingerprint density at radius 2 is 1.58 bits per heavy atom. The van der Waals surface area contributed by atoms with Crippen LogP contribution in [0.5, 0.6) is 11.5 Å². The lowest BCUT2D eigenvalue weighted by molar-refractivity contribution is 0.128. The number of hydrogen-bond acceptors (Lipinski definition) is 5. The molecule has 1 amide bonds. The number of nitrogens with zero attached hydrogens (tertiary/aromatic N) is 2. The van der Waals surface area contributed by atoms with E-state index in [1.54, 1.807) is 0 Å². The van der Waals surface area contributed by atoms with Crippen LogP contribution in [-0.4, -0.2) is 51.3 Å². The summed E-state index contributed by atoms with van der Waals surface area (Å²) >= 11 is 7.46. The van der Waals surface area contributed by atoms with Crippen LogP contribution in [0.15, 0.2) is 54.6 Å². The Balaban J connectivity index is 1.27. The lowest BCUT2D eigenvalue weighted by Crippen LogP contribution is -2.50. The molecule has 1 fully saturated rings. The molecule has 0 saturated carbocycles. The fraction of sp³-hybridized carbons (Fsp3) is 0.387. The van der Waals surface area contributed by atoms with Gasteiger partial charge in [0.25, 0.3) is 5.24 Å². The number of halogens is 1. The van der Waals surface area contributed by atoms with Crippen molar-refractivity contribution in [1.82, 2.24) is 9.80 Å². The molecule has 0 radical (unpaired) electrons. The van der Waals surface area contributed by atoms with Crippen molar-refractivity contribution in [2.75, 3.05) is 26.2 Å². The van der Waals surface area contributed by atoms with Crippen molar-refractivity contribution in [2.24, 2.45) is 0 Å². The molecule has 0 bridgehead atoms. The summed E-state index contributed by atoms with van der Waals surface area (Å²) in [5.74, 6) is 1.17. The predicted molar refractivity (Wildman–Crippen MR) is 156 cm³/mol. The highest BCUT2D eigenvalue weighted by Crippen LogP contribution is 2.47. The van der Waals surface area contributed by atoms with Crippen LogP contribution in [0.2, 0.25) is 5.02 Å². The Morgan fingerprint density at radius 1 is 0.947 bits per heavy atom. The molecule has 200 valence electrons. The molecule has 2 unspecified atom stereocenters. The quantitative estimate of drug-likeness (QED) is 0.370. The SMILES string of the molecule is Cc1c(C)c2c(c(C)c1O)CCC(C)(SC(=O)N1CCN(C(c3ccccc3)c3ccc(Cl)cc3)CC1)O2. The number of piperazine rings is 1. The standard InChI is InChI=1S/C31H35ClN2O3S/c1-20-21(2)29-26(22(3)28(20)35)14-15-31(4,37-29)38-30(36)34-18-16-33(17-19-34)27(23-8-6-5-7-9-23)24-10-12-25(32)13-11-24/h5-13,27,35H,14-19H2,1-4H3. The fourth-order valence-corrected chi connectivity index (χ4v) is 6.74. The van der Waals surface area contributed by atoms with Gasteiger partial charge in [-0.3, -0.25) is 9.69 Å². The van der Waals surface area contributed by atoms with Crippen molar-refractivity contribution in [1.29, 1.82) is 0 Å². The molecule has 3 aromatic rings. The second kappa shape index (κ2) is 10.8. The third-order valence-electron chi connectivity index (χ3n) is 8.03. The van der Waals surface area contributed by atoms with E-state index in [1.807, 2.05) is 50.8 Å². The first-order valence-corrected chi connectivity index (χ1v) is 14.4. The lowest BCUT2D eigenvalue weighted by Gasteiger charge is -2.41. The van der Waals surface area contributed by atoms with Gasteiger partial charge in [-0.25, -0.2) is 0 Å². The zero-order chi connectivity index (χ0) is 27.0. The maximum absolute atomic E-state index is 13.4. The van der Waals surface area contributed by atoms with Crippen LogP contribution in [-0.2, 0) is 6.42 Å². The van der Waals surface area contributed by atoms with Gasteiger partial charge >= 0.3 is 0 Å². The van der Waals surface area contributed by atoms with E-state index in [9.17, 15) is 9.90 Å². The highest BCUT2D eigenvalue weighted by molar-refractivity contribution is 8.14. The van der Waals surface area contributed by atoms with Gasteiger partial charge in [0.05, 0.1) is 6.04 Å². The van der Waals surface area contributed by atoms with E-state index in [2.05, 4.69) is 41.3 Å². The summed E-state index contributed by atoms with van der Waals surface area (Å²) < 4.78 is 6.50. The van der Waals surface area contributed by atoms with Gasteiger partial charge in [-0.15, -0.1) is 0 Å². The topological polar surface area (TPSA) is 53.0 Å². The van der Waals surface area contributed by atoms with Gasteiger partial charge in [0, 0.05) is 43.2 Å². The van der Waals surface area contributed by atoms with Gasteiger partial charge in [0.2, 0.25) is 0 Å². The van der Waals surface area contributed by atoms with Crippen LogP contribution in [0.25, 0.3) is 0 Å². The summed E-state index contributed by atoms with van der Waals surface area (Å²) in [6.45, 7) is 10.7. The number of fused-ring (bicyclic) bond motifs is 1. The molecule has 2 atom stereocenters. The number of aromatic hydroxyl groups is 1. The summed E-state index contributed by atoms with van der Waals surface area (Å²) in [5.41, 5.74) is 6.16. The zero-order valence-electron chi connectivity index (χ0n) is 22.5. The number of amides is 1. The van der Waals surface area contributed by atoms with Gasteiger partial charge in [0.15, 0.2) is 4.93 Å². The minimum atomic E-state index is -0.641. The molecule has 3 aromatic carbocycles. The molecule has 2 aliphatic heterocycles. The number of thioether (sulfide) groups is 1. The Labute approximate surface area is 234 Å². The Hall–Kier alpha value is -2.67. The van der Waals surface area contributed by atoms with Crippen molar-refractivity contribution in [3.05, 3.63) is 93.0 Å². The summed E-state index contributed by atoms with van der Waals surface area (Å²) in [4.78, 5) is 17.2. The maximum Gasteiger partial charge on any atom is 0.285 e. The summed E-state index contributed by atoms with van der Waals surface area (Å²) in [6, 6.07) is 18.7. The van der Waals surface area contributed by atoms with E-state index in [1.165, 1.54) is 22.9 Å². The van der Waals surface area contributed by atoms with Gasteiger partial charge in [-0.2, -0.15) is 0 Å². The van der Waals surface area contributed by atoms with E-state index in [4.69, 9.17) is 16.3 Å². The van der Waals surface area contributed by atoms with E-state index >= 15 is 0 Å². The predicted octanol–water partition coefficient (Wildman–Crippen LogP) is 7.27. The molecule has 7 heteroatoms. The summed E-state index contributed by atoms with van der Waals surface area (Å²) in [6.07, 6.45) is 1.49. The molecule has 38 heavy (non-hydrogen) atoms. The molecular weight excluding hydrogens is 516 g/mol. The van der Waals surface area contributed by atoms with Crippen molar-refractivity contribution in [3.8, 4) is 11.5 Å². The number of phenols is 1. The average molecular weight is 551 g/mol. The fourth-order valence-electron chi connectivity index (χ4n) is 5.61. The highest BCUT2D eigenvalue weighted by Gasteiger charge is 2.39. The van der Waals surface area contributed by atoms with E-state index in [0.717, 1.165) is 52.5 Å². The molecular formula is C31H35ClN2O3S. The van der Waals surface area contributed by atoms with Crippen molar-refractivity contribution in [2.45, 2.75) is 51.5 Å². The molecule has 1 saturated heterocycles. The number of benzene rings is 3. The molecule has 0 spiro atoms. The van der Waals surface area contributed by atoms with Gasteiger partial charge in [-0.1, -0.05) is 54.1 Å². The number of ether oxygens (including phenoxy) is 1. The van der Waals surface area contributed by atoms with Crippen molar-refractivity contribution in [3.63, 3.8) is 0 Å². The zero-order valence-corrected chi connectivity index (χ0v) is 24.0. The molecule has 0 aromatic heterocycles. The number of phenolic OH excluding ortho intramolecular Hbond substituents is 1. The van der Waals surface area contributed by atoms with Crippen LogP contribution >= 0.6 is 23.4 Å². The number of carbonyl (C=O) groups is 1. The molecule has 1 N–H and O–H groups in total. The van der Waals surface area contributed by atoms with Crippen LogP contribution in [0.3, 0.4) is 0 Å². The second-order valence-electron chi connectivity index (χ2n) is 10.5. The maximum atomic E-state index is 13.4. The monoisotopic (exact) mass is 550 g/mol. The van der Waals surface area contributed by atoms with Crippen molar-refractivity contribution >= 4 is 28.6 Å². The lowest BCUT2D eigenvalue weighted by atomic mass is 9.92. The molecule has 5 rings (SSSR count). The van der Waals surface area contributed by atoms with E-state index < -0.39 is 4.93 Å². The minimum Gasteiger partial charge on any atom is -0.507 e. The van der Waals surface area contributed by atoms with E-state index in [-0.39, 0.29) is 11.3 Å². The molecule has 2 heterocycles. The van der Waals surface area contributed by atoms with Crippen LogP contribution in [0.1, 0.15) is 52.8 Å². The van der Waals surface area contributed by atoms with Gasteiger partial charge in [0.1, 0.15) is 11.5 Å². The van der Waals surface area contributed by atoms with Gasteiger partial charge in [-0.05, 0) is 85.8 Å². The second-order valence-corrected chi connectivity index (χ2v) is 12.4. The first-order chi connectivity index (χ1) is 18.2. The summed E-state index contributed by atoms with van der Waals surface area (Å²) in [5, 5.41) is 11.3. The Morgan fingerprint density at radius 3 is 2.24 bits per heavy atom. The highest BCUT2D eigenvalue weighted by atomic mass is 35.5. The number of hydrogen-bond donors (Lipinski definition) is 1. The van der Waals surface area contributed by atoms with Crippen LogP contribution < -0.4 is 4.74 Å². The normalized spacial score (nSPS) is 20.5. The Bertz CT molecular complexity index is 1320. The largest absolute Gasteiger partial charge is 0.507 e.